The van der Waals surface area contributed by atoms with Gasteiger partial charge in [-0.25, -0.2) is 4.98 Å². The fraction of sp³-hybridized carbons (Fsp3) is 0.429. The van der Waals surface area contributed by atoms with Crippen LogP contribution in [0.2, 0.25) is 5.02 Å². The summed E-state index contributed by atoms with van der Waals surface area (Å²) in [4.78, 5) is 16.2. The molecule has 1 N–H and O–H groups in total. The summed E-state index contributed by atoms with van der Waals surface area (Å²) in [7, 11) is 0. The Labute approximate surface area is 128 Å². The van der Waals surface area contributed by atoms with Crippen molar-refractivity contribution in [3.8, 4) is 0 Å². The van der Waals surface area contributed by atoms with Crippen LogP contribution in [0.5, 0.6) is 0 Å². The van der Waals surface area contributed by atoms with Gasteiger partial charge in [0.2, 0.25) is 5.91 Å². The minimum Gasteiger partial charge on any atom is -0.356 e. The molecule has 0 fully saturated rings. The average Bonchev–Trinajstić information content (AvgIpc) is 2.74. The molecule has 0 atom stereocenters. The van der Waals surface area contributed by atoms with Crippen LogP contribution in [-0.4, -0.2) is 27.9 Å². The Morgan fingerprint density at radius 2 is 2.25 bits per heavy atom. The Morgan fingerprint density at radius 3 is 2.95 bits per heavy atom. The Kier molecular flexibility index (Phi) is 5.26. The second-order valence-electron chi connectivity index (χ2n) is 4.46. The van der Waals surface area contributed by atoms with Crippen molar-refractivity contribution in [2.45, 2.75) is 26.3 Å². The van der Waals surface area contributed by atoms with E-state index in [2.05, 4.69) is 10.3 Å². The first-order valence-electron chi connectivity index (χ1n) is 6.63. The molecule has 1 heterocycles. The van der Waals surface area contributed by atoms with E-state index in [9.17, 15) is 4.79 Å². The van der Waals surface area contributed by atoms with Gasteiger partial charge in [0, 0.05) is 36.8 Å². The van der Waals surface area contributed by atoms with E-state index in [1.807, 2.05) is 29.7 Å². The highest BCUT2D eigenvalue weighted by atomic mass is 35.5. The lowest BCUT2D eigenvalue weighted by Gasteiger charge is -2.08. The van der Waals surface area contributed by atoms with E-state index < -0.39 is 0 Å². The maximum Gasteiger partial charge on any atom is 0.221 e. The molecular formula is C14H17Cl2N3O. The predicted octanol–water partition coefficient (Wildman–Crippen LogP) is 3.00. The van der Waals surface area contributed by atoms with E-state index in [-0.39, 0.29) is 5.91 Å². The number of imidazole rings is 1. The molecule has 0 spiro atoms. The molecule has 0 unspecified atom stereocenters. The second kappa shape index (κ2) is 6.95. The van der Waals surface area contributed by atoms with Crippen molar-refractivity contribution in [2.75, 3.05) is 12.4 Å². The van der Waals surface area contributed by atoms with Crippen LogP contribution >= 0.6 is 23.2 Å². The van der Waals surface area contributed by atoms with Crippen molar-refractivity contribution in [3.05, 3.63) is 29.0 Å². The number of fused-ring (bicyclic) bond motifs is 1. The largest absolute Gasteiger partial charge is 0.356 e. The molecule has 0 radical (unpaired) electrons. The lowest BCUT2D eigenvalue weighted by molar-refractivity contribution is -0.121. The highest BCUT2D eigenvalue weighted by Gasteiger charge is 2.12. The molecular weight excluding hydrogens is 297 g/mol. The van der Waals surface area contributed by atoms with Gasteiger partial charge < -0.3 is 9.88 Å². The fourth-order valence-corrected chi connectivity index (χ4v) is 2.51. The van der Waals surface area contributed by atoms with E-state index in [0.717, 1.165) is 16.9 Å². The number of benzene rings is 1. The molecule has 4 nitrogen and oxygen atoms in total. The average molecular weight is 314 g/mol. The lowest BCUT2D eigenvalue weighted by atomic mass is 10.3. The third kappa shape index (κ3) is 3.44. The molecule has 108 valence electrons. The highest BCUT2D eigenvalue weighted by molar-refractivity contribution is 6.31. The van der Waals surface area contributed by atoms with E-state index in [4.69, 9.17) is 23.2 Å². The summed E-state index contributed by atoms with van der Waals surface area (Å²) in [5.74, 6) is 1.43. The first kappa shape index (κ1) is 15.1. The number of halogens is 2. The summed E-state index contributed by atoms with van der Waals surface area (Å²) < 4.78 is 2.04. The van der Waals surface area contributed by atoms with Gasteiger partial charge in [0.05, 0.1) is 11.0 Å². The van der Waals surface area contributed by atoms with Gasteiger partial charge in [0.15, 0.2) is 0 Å². The van der Waals surface area contributed by atoms with Crippen molar-refractivity contribution >= 4 is 40.1 Å². The number of aryl methyl sites for hydroxylation is 2. The van der Waals surface area contributed by atoms with Crippen LogP contribution in [0.3, 0.4) is 0 Å². The molecule has 1 aromatic carbocycles. The van der Waals surface area contributed by atoms with Gasteiger partial charge in [-0.05, 0) is 25.1 Å². The predicted molar refractivity (Wildman–Crippen MR) is 82.5 cm³/mol. The normalized spacial score (nSPS) is 10.9. The van der Waals surface area contributed by atoms with E-state index in [1.54, 1.807) is 0 Å². The van der Waals surface area contributed by atoms with Gasteiger partial charge in [-0.2, -0.15) is 0 Å². The number of carbonyl (C=O) groups excluding carboxylic acids is 1. The molecule has 0 saturated heterocycles. The van der Waals surface area contributed by atoms with Gasteiger partial charge >= 0.3 is 0 Å². The number of amides is 1. The molecule has 6 heteroatoms. The van der Waals surface area contributed by atoms with Gasteiger partial charge in [-0.15, -0.1) is 11.6 Å². The Hall–Kier alpha value is -1.26. The smallest absolute Gasteiger partial charge is 0.221 e. The Morgan fingerprint density at radius 1 is 1.45 bits per heavy atom. The summed E-state index contributed by atoms with van der Waals surface area (Å²) in [5.41, 5.74) is 1.83. The number of hydrogen-bond donors (Lipinski definition) is 1. The molecule has 0 aliphatic heterocycles. The van der Waals surface area contributed by atoms with E-state index in [0.29, 0.717) is 36.8 Å². The fourth-order valence-electron chi connectivity index (χ4n) is 2.18. The standard InChI is InChI=1S/C14H17Cl2N3O/c1-2-17-14(20)6-8-19-12-4-3-10(16)9-11(12)18-13(19)5-7-15/h3-4,9H,2,5-8H2,1H3,(H,17,20). The van der Waals surface area contributed by atoms with Crippen LogP contribution in [0.4, 0.5) is 0 Å². The number of nitrogens with zero attached hydrogens (tertiary/aromatic N) is 2. The maximum atomic E-state index is 11.6. The van der Waals surface area contributed by atoms with E-state index >= 15 is 0 Å². The monoisotopic (exact) mass is 313 g/mol. The van der Waals surface area contributed by atoms with Gasteiger partial charge in [-0.3, -0.25) is 4.79 Å². The molecule has 0 aliphatic rings. The molecule has 0 bridgehead atoms. The van der Waals surface area contributed by atoms with Crippen molar-refractivity contribution in [2.24, 2.45) is 0 Å². The third-order valence-corrected chi connectivity index (χ3v) is 3.47. The molecule has 1 amide bonds. The number of nitrogens with one attached hydrogen (secondary N) is 1. The lowest BCUT2D eigenvalue weighted by Crippen LogP contribution is -2.24. The first-order valence-corrected chi connectivity index (χ1v) is 7.54. The highest BCUT2D eigenvalue weighted by Crippen LogP contribution is 2.21. The minimum absolute atomic E-state index is 0.0418. The number of carbonyl (C=O) groups is 1. The number of rotatable bonds is 6. The SMILES string of the molecule is CCNC(=O)CCn1c(CCCl)nc2cc(Cl)ccc21. The third-order valence-electron chi connectivity index (χ3n) is 3.04. The molecule has 0 saturated carbocycles. The Bertz CT molecular complexity index is 610. The molecule has 1 aromatic heterocycles. The van der Waals surface area contributed by atoms with Gasteiger partial charge in [0.25, 0.3) is 0 Å². The zero-order valence-corrected chi connectivity index (χ0v) is 12.8. The Balaban J connectivity index is 2.28. The second-order valence-corrected chi connectivity index (χ2v) is 5.27. The zero-order valence-electron chi connectivity index (χ0n) is 11.3. The first-order chi connectivity index (χ1) is 9.65. The van der Waals surface area contributed by atoms with Gasteiger partial charge in [-0.1, -0.05) is 11.6 Å². The van der Waals surface area contributed by atoms with Crippen LogP contribution in [0.25, 0.3) is 11.0 Å². The zero-order chi connectivity index (χ0) is 14.5. The maximum absolute atomic E-state index is 11.6. The van der Waals surface area contributed by atoms with Crippen LogP contribution in [0.1, 0.15) is 19.2 Å². The van der Waals surface area contributed by atoms with Crippen molar-refractivity contribution in [3.63, 3.8) is 0 Å². The van der Waals surface area contributed by atoms with Crippen LogP contribution in [0.15, 0.2) is 18.2 Å². The van der Waals surface area contributed by atoms with Crippen molar-refractivity contribution in [1.29, 1.82) is 0 Å². The number of hydrogen-bond acceptors (Lipinski definition) is 2. The number of alkyl halides is 1. The van der Waals surface area contributed by atoms with Crippen molar-refractivity contribution < 1.29 is 4.79 Å². The van der Waals surface area contributed by atoms with E-state index in [1.165, 1.54) is 0 Å². The number of aromatic nitrogens is 2. The summed E-state index contributed by atoms with van der Waals surface area (Å²) in [6.45, 7) is 3.15. The van der Waals surface area contributed by atoms with Gasteiger partial charge in [0.1, 0.15) is 5.82 Å². The molecule has 20 heavy (non-hydrogen) atoms. The molecule has 0 aliphatic carbocycles. The quantitative estimate of drug-likeness (QED) is 0.833. The molecule has 2 aromatic rings. The summed E-state index contributed by atoms with van der Waals surface area (Å²) in [6, 6.07) is 5.59. The summed E-state index contributed by atoms with van der Waals surface area (Å²) in [6.07, 6.45) is 1.10. The van der Waals surface area contributed by atoms with Crippen molar-refractivity contribution in [1.82, 2.24) is 14.9 Å². The minimum atomic E-state index is 0.0418. The topological polar surface area (TPSA) is 46.9 Å². The summed E-state index contributed by atoms with van der Waals surface area (Å²) in [5, 5.41) is 3.45. The molecule has 2 rings (SSSR count). The summed E-state index contributed by atoms with van der Waals surface area (Å²) >= 11 is 11.8. The van der Waals surface area contributed by atoms with Crippen LogP contribution in [-0.2, 0) is 17.8 Å². The van der Waals surface area contributed by atoms with Crippen LogP contribution in [0, 0.1) is 0 Å². The van der Waals surface area contributed by atoms with Crippen LogP contribution < -0.4 is 5.32 Å².